The van der Waals surface area contributed by atoms with Crippen LogP contribution >= 0.6 is 11.8 Å². The first-order valence-electron chi connectivity index (χ1n) is 6.66. The summed E-state index contributed by atoms with van der Waals surface area (Å²) in [5.41, 5.74) is 1.24. The highest BCUT2D eigenvalue weighted by molar-refractivity contribution is 7.97. The lowest BCUT2D eigenvalue weighted by molar-refractivity contribution is 0.414. The molecule has 0 spiro atoms. The first kappa shape index (κ1) is 15.0. The second-order valence-corrected chi connectivity index (χ2v) is 5.54. The molecule has 20 heavy (non-hydrogen) atoms. The van der Waals surface area contributed by atoms with E-state index in [1.165, 1.54) is 5.56 Å². The third kappa shape index (κ3) is 4.05. The van der Waals surface area contributed by atoms with E-state index >= 15 is 0 Å². The van der Waals surface area contributed by atoms with Gasteiger partial charge in [0.25, 0.3) is 0 Å². The number of hydrogen-bond acceptors (Lipinski definition) is 4. The van der Waals surface area contributed by atoms with Crippen molar-refractivity contribution < 1.29 is 9.15 Å². The SMILES string of the molecule is COc1ccc([C@H](C)NCc2ccc(CSC)o2)cc1. The Bertz CT molecular complexity index is 522. The lowest BCUT2D eigenvalue weighted by Crippen LogP contribution is -2.17. The highest BCUT2D eigenvalue weighted by atomic mass is 32.2. The Morgan fingerprint density at radius 1 is 1.15 bits per heavy atom. The predicted octanol–water partition coefficient (Wildman–Crippen LogP) is 4.00. The van der Waals surface area contributed by atoms with Gasteiger partial charge in [-0.3, -0.25) is 0 Å². The van der Waals surface area contributed by atoms with E-state index in [1.807, 2.05) is 24.3 Å². The maximum absolute atomic E-state index is 5.74. The predicted molar refractivity (Wildman–Crippen MR) is 84.2 cm³/mol. The van der Waals surface area contributed by atoms with Crippen LogP contribution in [-0.4, -0.2) is 13.4 Å². The molecule has 0 unspecified atom stereocenters. The van der Waals surface area contributed by atoms with Crippen LogP contribution in [0.5, 0.6) is 5.75 Å². The molecule has 0 bridgehead atoms. The van der Waals surface area contributed by atoms with Gasteiger partial charge in [0, 0.05) is 6.04 Å². The van der Waals surface area contributed by atoms with Crippen LogP contribution in [0.1, 0.15) is 30.0 Å². The summed E-state index contributed by atoms with van der Waals surface area (Å²) in [6.07, 6.45) is 2.08. The zero-order valence-corrected chi connectivity index (χ0v) is 13.0. The summed E-state index contributed by atoms with van der Waals surface area (Å²) in [4.78, 5) is 0. The average molecular weight is 291 g/mol. The standard InChI is InChI=1S/C16H21NO2S/c1-12(13-4-6-14(18-2)7-5-13)17-10-15-8-9-16(19-15)11-20-3/h4-9,12,17H,10-11H2,1-3H3/t12-/m0/s1. The van der Waals surface area contributed by atoms with Crippen molar-refractivity contribution in [2.75, 3.05) is 13.4 Å². The molecule has 1 heterocycles. The topological polar surface area (TPSA) is 34.4 Å². The number of nitrogens with one attached hydrogen (secondary N) is 1. The Balaban J connectivity index is 1.88. The third-order valence-corrected chi connectivity index (χ3v) is 3.78. The Hall–Kier alpha value is -1.39. The molecule has 2 rings (SSSR count). The summed E-state index contributed by atoms with van der Waals surface area (Å²) < 4.78 is 10.9. The molecule has 0 aliphatic carbocycles. The van der Waals surface area contributed by atoms with Crippen LogP contribution in [0.4, 0.5) is 0 Å². The van der Waals surface area contributed by atoms with Gasteiger partial charge in [0.2, 0.25) is 0 Å². The molecule has 1 atom stereocenters. The first-order valence-corrected chi connectivity index (χ1v) is 8.06. The summed E-state index contributed by atoms with van der Waals surface area (Å²) in [6, 6.07) is 12.5. The van der Waals surface area contributed by atoms with Gasteiger partial charge in [-0.05, 0) is 43.0 Å². The normalized spacial score (nSPS) is 12.3. The van der Waals surface area contributed by atoms with Gasteiger partial charge in [0.15, 0.2) is 0 Å². The number of benzene rings is 1. The lowest BCUT2D eigenvalue weighted by atomic mass is 10.1. The molecule has 1 aromatic heterocycles. The van der Waals surface area contributed by atoms with Crippen molar-refractivity contribution in [3.8, 4) is 5.75 Å². The number of methoxy groups -OCH3 is 1. The quantitative estimate of drug-likeness (QED) is 0.836. The van der Waals surface area contributed by atoms with Crippen molar-refractivity contribution in [2.24, 2.45) is 0 Å². The van der Waals surface area contributed by atoms with Gasteiger partial charge in [-0.25, -0.2) is 0 Å². The van der Waals surface area contributed by atoms with E-state index in [2.05, 4.69) is 30.6 Å². The maximum Gasteiger partial charge on any atom is 0.118 e. The second kappa shape index (κ2) is 7.41. The molecule has 108 valence electrons. The van der Waals surface area contributed by atoms with Crippen LogP contribution in [0.3, 0.4) is 0 Å². The fourth-order valence-electron chi connectivity index (χ4n) is 2.00. The number of rotatable bonds is 7. The molecule has 0 amide bonds. The van der Waals surface area contributed by atoms with E-state index in [1.54, 1.807) is 18.9 Å². The second-order valence-electron chi connectivity index (χ2n) is 4.68. The van der Waals surface area contributed by atoms with Crippen molar-refractivity contribution in [3.63, 3.8) is 0 Å². The highest BCUT2D eigenvalue weighted by Gasteiger charge is 2.07. The van der Waals surface area contributed by atoms with E-state index in [0.717, 1.165) is 29.6 Å². The van der Waals surface area contributed by atoms with Gasteiger partial charge in [0.1, 0.15) is 17.3 Å². The molecule has 4 heteroatoms. The fourth-order valence-corrected chi connectivity index (χ4v) is 2.44. The average Bonchev–Trinajstić information content (AvgIpc) is 2.93. The smallest absolute Gasteiger partial charge is 0.118 e. The maximum atomic E-state index is 5.74. The van der Waals surface area contributed by atoms with Gasteiger partial charge in [-0.2, -0.15) is 11.8 Å². The Morgan fingerprint density at radius 3 is 2.50 bits per heavy atom. The van der Waals surface area contributed by atoms with E-state index in [0.29, 0.717) is 0 Å². The Labute approximate surface area is 124 Å². The molecule has 0 saturated heterocycles. The van der Waals surface area contributed by atoms with E-state index in [4.69, 9.17) is 9.15 Å². The Kier molecular flexibility index (Phi) is 5.56. The lowest BCUT2D eigenvalue weighted by Gasteiger charge is -2.13. The van der Waals surface area contributed by atoms with Crippen molar-refractivity contribution in [1.82, 2.24) is 5.32 Å². The number of ether oxygens (including phenoxy) is 1. The molecule has 0 fully saturated rings. The molecule has 0 radical (unpaired) electrons. The van der Waals surface area contributed by atoms with Crippen LogP contribution < -0.4 is 10.1 Å². The summed E-state index contributed by atoms with van der Waals surface area (Å²) in [6.45, 7) is 2.88. The van der Waals surface area contributed by atoms with Crippen LogP contribution in [0.25, 0.3) is 0 Å². The van der Waals surface area contributed by atoms with E-state index in [9.17, 15) is 0 Å². The molecular weight excluding hydrogens is 270 g/mol. The minimum absolute atomic E-state index is 0.273. The zero-order chi connectivity index (χ0) is 14.4. The molecule has 2 aromatic rings. The molecular formula is C16H21NO2S. The van der Waals surface area contributed by atoms with Crippen LogP contribution in [0.15, 0.2) is 40.8 Å². The molecule has 0 saturated carbocycles. The van der Waals surface area contributed by atoms with Crippen LogP contribution in [0, 0.1) is 0 Å². The number of hydrogen-bond donors (Lipinski definition) is 1. The first-order chi connectivity index (χ1) is 9.72. The largest absolute Gasteiger partial charge is 0.497 e. The number of furan rings is 1. The fraction of sp³-hybridized carbons (Fsp3) is 0.375. The molecule has 3 nitrogen and oxygen atoms in total. The van der Waals surface area contributed by atoms with Crippen molar-refractivity contribution >= 4 is 11.8 Å². The van der Waals surface area contributed by atoms with E-state index in [-0.39, 0.29) is 6.04 Å². The summed E-state index contributed by atoms with van der Waals surface area (Å²) in [5, 5.41) is 3.47. The minimum Gasteiger partial charge on any atom is -0.497 e. The van der Waals surface area contributed by atoms with Crippen LogP contribution in [-0.2, 0) is 12.3 Å². The van der Waals surface area contributed by atoms with Gasteiger partial charge in [0.05, 0.1) is 19.4 Å². The van der Waals surface area contributed by atoms with Gasteiger partial charge >= 0.3 is 0 Å². The van der Waals surface area contributed by atoms with Gasteiger partial charge in [-0.15, -0.1) is 0 Å². The van der Waals surface area contributed by atoms with Crippen molar-refractivity contribution in [1.29, 1.82) is 0 Å². The monoisotopic (exact) mass is 291 g/mol. The molecule has 0 aliphatic rings. The Morgan fingerprint density at radius 2 is 1.85 bits per heavy atom. The zero-order valence-electron chi connectivity index (χ0n) is 12.2. The molecule has 1 aromatic carbocycles. The summed E-state index contributed by atoms with van der Waals surface area (Å²) in [7, 11) is 1.68. The van der Waals surface area contributed by atoms with Gasteiger partial charge in [-0.1, -0.05) is 12.1 Å². The van der Waals surface area contributed by atoms with Crippen LogP contribution in [0.2, 0.25) is 0 Å². The van der Waals surface area contributed by atoms with Crippen molar-refractivity contribution in [3.05, 3.63) is 53.5 Å². The van der Waals surface area contributed by atoms with Crippen molar-refractivity contribution in [2.45, 2.75) is 25.3 Å². The van der Waals surface area contributed by atoms with E-state index < -0.39 is 0 Å². The molecule has 0 aliphatic heterocycles. The summed E-state index contributed by atoms with van der Waals surface area (Å²) in [5.74, 6) is 3.82. The third-order valence-electron chi connectivity index (χ3n) is 3.20. The summed E-state index contributed by atoms with van der Waals surface area (Å²) >= 11 is 1.77. The van der Waals surface area contributed by atoms with Gasteiger partial charge < -0.3 is 14.5 Å². The minimum atomic E-state index is 0.273. The molecule has 1 N–H and O–H groups in total. The number of thioether (sulfide) groups is 1. The highest BCUT2D eigenvalue weighted by Crippen LogP contribution is 2.18.